The summed E-state index contributed by atoms with van der Waals surface area (Å²) in [5.74, 6) is 0.524. The van der Waals surface area contributed by atoms with E-state index in [1.54, 1.807) is 18.2 Å². The van der Waals surface area contributed by atoms with E-state index in [1.807, 2.05) is 0 Å². The van der Waals surface area contributed by atoms with E-state index in [9.17, 15) is 4.39 Å². The van der Waals surface area contributed by atoms with Crippen LogP contribution >= 0.6 is 15.9 Å². The lowest BCUT2D eigenvalue weighted by Gasteiger charge is -2.06. The number of nitrogen functional groups attached to an aromatic ring is 1. The average Bonchev–Trinajstić information content (AvgIpc) is 2.03. The Bertz CT molecular complexity index is 267. The summed E-state index contributed by atoms with van der Waals surface area (Å²) in [6.45, 7) is -0.457. The van der Waals surface area contributed by atoms with Crippen molar-refractivity contribution in [3.63, 3.8) is 0 Å². The number of nitrogens with two attached hydrogens (primary N) is 1. The van der Waals surface area contributed by atoms with E-state index in [0.29, 0.717) is 11.4 Å². The Morgan fingerprint density at radius 2 is 2.25 bits per heavy atom. The summed E-state index contributed by atoms with van der Waals surface area (Å²) < 4.78 is 17.6. The molecule has 66 valence electrons. The van der Waals surface area contributed by atoms with E-state index < -0.39 is 6.67 Å². The van der Waals surface area contributed by atoms with Crippen LogP contribution in [-0.2, 0) is 0 Å². The Hall–Kier alpha value is -0.770. The zero-order valence-corrected chi connectivity index (χ0v) is 7.97. The summed E-state index contributed by atoms with van der Waals surface area (Å²) in [5, 5.41) is 0. The van der Waals surface area contributed by atoms with Gasteiger partial charge in [-0.1, -0.05) is 15.9 Å². The third kappa shape index (κ3) is 2.37. The number of hydrogen-bond acceptors (Lipinski definition) is 2. The first-order valence-electron chi connectivity index (χ1n) is 3.48. The fourth-order valence-corrected chi connectivity index (χ4v) is 1.18. The molecule has 0 fully saturated rings. The van der Waals surface area contributed by atoms with E-state index in [1.165, 1.54) is 0 Å². The maximum Gasteiger partial charge on any atom is 0.142 e. The van der Waals surface area contributed by atoms with Crippen LogP contribution in [0.5, 0.6) is 5.75 Å². The fourth-order valence-electron chi connectivity index (χ4n) is 0.799. The molecule has 1 aromatic rings. The molecule has 0 bridgehead atoms. The molecule has 1 aromatic carbocycles. The molecule has 1 rings (SSSR count). The van der Waals surface area contributed by atoms with Gasteiger partial charge in [0, 0.05) is 4.47 Å². The quantitative estimate of drug-likeness (QED) is 0.815. The van der Waals surface area contributed by atoms with Crippen molar-refractivity contribution in [1.29, 1.82) is 0 Å². The van der Waals surface area contributed by atoms with Gasteiger partial charge in [-0.15, -0.1) is 0 Å². The molecular weight excluding hydrogens is 225 g/mol. The smallest absolute Gasteiger partial charge is 0.142 e. The molecule has 4 heteroatoms. The van der Waals surface area contributed by atoms with Gasteiger partial charge >= 0.3 is 0 Å². The van der Waals surface area contributed by atoms with Crippen LogP contribution in [0.3, 0.4) is 0 Å². The van der Waals surface area contributed by atoms with Crippen molar-refractivity contribution in [2.24, 2.45) is 0 Å². The largest absolute Gasteiger partial charge is 0.489 e. The van der Waals surface area contributed by atoms with Crippen LogP contribution in [-0.4, -0.2) is 13.3 Å². The molecule has 0 atom stereocenters. The van der Waals surface area contributed by atoms with Gasteiger partial charge in [0.1, 0.15) is 19.0 Å². The number of ether oxygens (including phenoxy) is 1. The summed E-state index contributed by atoms with van der Waals surface area (Å²) in [6, 6.07) is 5.21. The lowest BCUT2D eigenvalue weighted by Crippen LogP contribution is -2.01. The second-order valence-electron chi connectivity index (χ2n) is 2.22. The Kier molecular flexibility index (Phi) is 3.34. The highest BCUT2D eigenvalue weighted by molar-refractivity contribution is 9.10. The van der Waals surface area contributed by atoms with Crippen molar-refractivity contribution in [2.45, 2.75) is 0 Å². The Morgan fingerprint density at radius 3 is 2.83 bits per heavy atom. The van der Waals surface area contributed by atoms with Gasteiger partial charge in [-0.05, 0) is 18.2 Å². The number of alkyl halides is 1. The minimum atomic E-state index is -0.504. The molecular formula is C8H9BrFNO. The highest BCUT2D eigenvalue weighted by atomic mass is 79.9. The first-order chi connectivity index (χ1) is 5.74. The predicted molar refractivity (Wildman–Crippen MR) is 50.0 cm³/mol. The van der Waals surface area contributed by atoms with Crippen molar-refractivity contribution < 1.29 is 9.13 Å². The van der Waals surface area contributed by atoms with E-state index in [0.717, 1.165) is 4.47 Å². The zero-order valence-electron chi connectivity index (χ0n) is 6.39. The summed E-state index contributed by atoms with van der Waals surface area (Å²) in [5.41, 5.74) is 6.10. The standard InChI is InChI=1S/C8H9BrFNO/c9-6-1-2-8(7(11)5-6)12-4-3-10/h1-2,5H,3-4,11H2. The Morgan fingerprint density at radius 1 is 1.50 bits per heavy atom. The second-order valence-corrected chi connectivity index (χ2v) is 3.14. The molecule has 0 saturated carbocycles. The molecule has 0 aromatic heterocycles. The summed E-state index contributed by atoms with van der Waals surface area (Å²) in [7, 11) is 0. The van der Waals surface area contributed by atoms with Crippen LogP contribution in [0.4, 0.5) is 10.1 Å². The number of anilines is 1. The molecule has 0 spiro atoms. The summed E-state index contributed by atoms with van der Waals surface area (Å²) in [6.07, 6.45) is 0. The molecule has 2 N–H and O–H groups in total. The number of rotatable bonds is 3. The molecule has 0 radical (unpaired) electrons. The first kappa shape index (κ1) is 9.32. The van der Waals surface area contributed by atoms with Crippen molar-refractivity contribution in [2.75, 3.05) is 19.0 Å². The molecule has 0 heterocycles. The predicted octanol–water partition coefficient (Wildman–Crippen LogP) is 2.38. The zero-order chi connectivity index (χ0) is 8.97. The molecule has 0 saturated heterocycles. The topological polar surface area (TPSA) is 35.2 Å². The van der Waals surface area contributed by atoms with E-state index in [2.05, 4.69) is 15.9 Å². The molecule has 2 nitrogen and oxygen atoms in total. The molecule has 0 aliphatic carbocycles. The van der Waals surface area contributed by atoms with Crippen LogP contribution in [0.2, 0.25) is 0 Å². The SMILES string of the molecule is Nc1cc(Br)ccc1OCCF. The van der Waals surface area contributed by atoms with Gasteiger partial charge in [0.15, 0.2) is 0 Å². The van der Waals surface area contributed by atoms with Gasteiger partial charge in [-0.25, -0.2) is 4.39 Å². The monoisotopic (exact) mass is 233 g/mol. The third-order valence-corrected chi connectivity index (χ3v) is 1.80. The fraction of sp³-hybridized carbons (Fsp3) is 0.250. The Labute approximate surface area is 78.6 Å². The van der Waals surface area contributed by atoms with Gasteiger partial charge in [0.05, 0.1) is 5.69 Å². The highest BCUT2D eigenvalue weighted by Crippen LogP contribution is 2.24. The average molecular weight is 234 g/mol. The van der Waals surface area contributed by atoms with Crippen LogP contribution < -0.4 is 10.5 Å². The van der Waals surface area contributed by atoms with E-state index >= 15 is 0 Å². The van der Waals surface area contributed by atoms with Gasteiger partial charge in [0.25, 0.3) is 0 Å². The maximum absolute atomic E-state index is 11.7. The third-order valence-electron chi connectivity index (χ3n) is 1.31. The van der Waals surface area contributed by atoms with Gasteiger partial charge in [0.2, 0.25) is 0 Å². The summed E-state index contributed by atoms with van der Waals surface area (Å²) >= 11 is 3.25. The molecule has 0 unspecified atom stereocenters. The van der Waals surface area contributed by atoms with Crippen molar-refractivity contribution in [1.82, 2.24) is 0 Å². The number of hydrogen-bond donors (Lipinski definition) is 1. The molecule has 0 amide bonds. The lowest BCUT2D eigenvalue weighted by molar-refractivity contribution is 0.274. The van der Waals surface area contributed by atoms with Crippen molar-refractivity contribution in [3.05, 3.63) is 22.7 Å². The van der Waals surface area contributed by atoms with Crippen molar-refractivity contribution >= 4 is 21.6 Å². The molecule has 12 heavy (non-hydrogen) atoms. The van der Waals surface area contributed by atoms with Crippen molar-refractivity contribution in [3.8, 4) is 5.75 Å². The van der Waals surface area contributed by atoms with Crippen LogP contribution in [0, 0.1) is 0 Å². The second kappa shape index (κ2) is 4.30. The normalized spacial score (nSPS) is 9.83. The Balaban J connectivity index is 2.72. The van der Waals surface area contributed by atoms with Gasteiger partial charge < -0.3 is 10.5 Å². The van der Waals surface area contributed by atoms with Crippen LogP contribution in [0.15, 0.2) is 22.7 Å². The number of halogens is 2. The number of benzene rings is 1. The summed E-state index contributed by atoms with van der Waals surface area (Å²) in [4.78, 5) is 0. The van der Waals surface area contributed by atoms with Gasteiger partial charge in [-0.3, -0.25) is 0 Å². The highest BCUT2D eigenvalue weighted by Gasteiger charge is 1.99. The minimum Gasteiger partial charge on any atom is -0.489 e. The first-order valence-corrected chi connectivity index (χ1v) is 4.27. The van der Waals surface area contributed by atoms with Crippen LogP contribution in [0.1, 0.15) is 0 Å². The minimum absolute atomic E-state index is 0.0475. The molecule has 0 aliphatic heterocycles. The van der Waals surface area contributed by atoms with Gasteiger partial charge in [-0.2, -0.15) is 0 Å². The van der Waals surface area contributed by atoms with Crippen LogP contribution in [0.25, 0.3) is 0 Å². The van der Waals surface area contributed by atoms with E-state index in [4.69, 9.17) is 10.5 Å². The van der Waals surface area contributed by atoms with E-state index in [-0.39, 0.29) is 6.61 Å². The maximum atomic E-state index is 11.7. The molecule has 0 aliphatic rings. The lowest BCUT2D eigenvalue weighted by atomic mass is 10.3.